The molecule has 29 heavy (non-hydrogen) atoms. The van der Waals surface area contributed by atoms with Crippen molar-refractivity contribution in [3.63, 3.8) is 0 Å². The quantitative estimate of drug-likeness (QED) is 0.640. The van der Waals surface area contributed by atoms with Gasteiger partial charge >= 0.3 is 6.18 Å². The lowest BCUT2D eigenvalue weighted by Crippen LogP contribution is -2.47. The van der Waals surface area contributed by atoms with E-state index < -0.39 is 23.8 Å². The van der Waals surface area contributed by atoms with Gasteiger partial charge in [-0.1, -0.05) is 0 Å². The van der Waals surface area contributed by atoms with E-state index in [9.17, 15) is 13.2 Å². The highest BCUT2D eigenvalue weighted by molar-refractivity contribution is 5.51. The first kappa shape index (κ1) is 22.2. The number of rotatable bonds is 4. The second-order valence-electron chi connectivity index (χ2n) is 8.78. The first-order chi connectivity index (χ1) is 13.4. The summed E-state index contributed by atoms with van der Waals surface area (Å²) in [4.78, 5) is 2.26. The van der Waals surface area contributed by atoms with Gasteiger partial charge in [0.2, 0.25) is 0 Å². The van der Waals surface area contributed by atoms with E-state index in [1.807, 2.05) is 20.8 Å². The van der Waals surface area contributed by atoms with E-state index in [0.717, 1.165) is 31.9 Å². The summed E-state index contributed by atoms with van der Waals surface area (Å²) in [7, 11) is 1.31. The minimum Gasteiger partial charge on any atom is -0.493 e. The Morgan fingerprint density at radius 2 is 1.86 bits per heavy atom. The van der Waals surface area contributed by atoms with E-state index in [1.54, 1.807) is 6.07 Å². The van der Waals surface area contributed by atoms with E-state index >= 15 is 4.39 Å². The summed E-state index contributed by atoms with van der Waals surface area (Å²) in [5.74, 6) is -1.22. The Labute approximate surface area is 169 Å². The molecule has 3 atom stereocenters. The van der Waals surface area contributed by atoms with Gasteiger partial charge in [0, 0.05) is 19.1 Å². The molecule has 4 nitrogen and oxygen atoms in total. The molecular formula is C21H29F4NO3. The summed E-state index contributed by atoms with van der Waals surface area (Å²) in [6.07, 6.45) is -4.58. The minimum atomic E-state index is -4.59. The first-order valence-electron chi connectivity index (χ1n) is 9.95. The SMILES string of the molecule is COc1cc2c(c(F)c1OC(C)C(F)(F)F)CCN1CC(OC(C)(C)C)CCC21. The largest absolute Gasteiger partial charge is 0.493 e. The molecule has 0 amide bonds. The van der Waals surface area contributed by atoms with Gasteiger partial charge in [0.25, 0.3) is 0 Å². The molecule has 3 rings (SSSR count). The van der Waals surface area contributed by atoms with Crippen molar-refractivity contribution in [2.24, 2.45) is 0 Å². The average Bonchev–Trinajstić information content (AvgIpc) is 2.60. The van der Waals surface area contributed by atoms with Gasteiger partial charge in [-0.25, -0.2) is 4.39 Å². The van der Waals surface area contributed by atoms with Gasteiger partial charge < -0.3 is 14.2 Å². The monoisotopic (exact) mass is 419 g/mol. The van der Waals surface area contributed by atoms with Crippen molar-refractivity contribution < 1.29 is 31.8 Å². The lowest BCUT2D eigenvalue weighted by Gasteiger charge is -2.45. The Balaban J connectivity index is 1.87. The van der Waals surface area contributed by atoms with Gasteiger partial charge in [0.05, 0.1) is 18.8 Å². The molecule has 0 aliphatic carbocycles. The molecule has 2 heterocycles. The highest BCUT2D eigenvalue weighted by atomic mass is 19.4. The van der Waals surface area contributed by atoms with Crippen LogP contribution in [0.4, 0.5) is 17.6 Å². The third-order valence-corrected chi connectivity index (χ3v) is 5.47. The molecular weight excluding hydrogens is 390 g/mol. The highest BCUT2D eigenvalue weighted by Gasteiger charge is 2.41. The van der Waals surface area contributed by atoms with Crippen LogP contribution in [0.1, 0.15) is 57.7 Å². The topological polar surface area (TPSA) is 30.9 Å². The van der Waals surface area contributed by atoms with Crippen LogP contribution in [-0.4, -0.2) is 49.1 Å². The molecule has 2 aliphatic heterocycles. The average molecular weight is 419 g/mol. The molecule has 0 N–H and O–H groups in total. The lowest BCUT2D eigenvalue weighted by molar-refractivity contribution is -0.189. The Kier molecular flexibility index (Phi) is 6.07. The van der Waals surface area contributed by atoms with Gasteiger partial charge in [-0.3, -0.25) is 4.90 Å². The number of benzene rings is 1. The molecule has 0 saturated carbocycles. The molecule has 0 bridgehead atoms. The van der Waals surface area contributed by atoms with Crippen molar-refractivity contribution >= 4 is 0 Å². The van der Waals surface area contributed by atoms with Crippen LogP contribution in [0.5, 0.6) is 11.5 Å². The van der Waals surface area contributed by atoms with Crippen molar-refractivity contribution in [3.8, 4) is 11.5 Å². The predicted molar refractivity (Wildman–Crippen MR) is 101 cm³/mol. The second kappa shape index (κ2) is 7.95. The Morgan fingerprint density at radius 3 is 2.45 bits per heavy atom. The summed E-state index contributed by atoms with van der Waals surface area (Å²) in [5.41, 5.74) is 0.959. The third kappa shape index (κ3) is 4.79. The number of fused-ring (bicyclic) bond motifs is 3. The van der Waals surface area contributed by atoms with Crippen LogP contribution in [0, 0.1) is 5.82 Å². The molecule has 1 fully saturated rings. The molecule has 0 radical (unpaired) electrons. The zero-order chi connectivity index (χ0) is 21.6. The zero-order valence-corrected chi connectivity index (χ0v) is 17.5. The van der Waals surface area contributed by atoms with Gasteiger partial charge in [0.1, 0.15) is 0 Å². The molecule has 164 valence electrons. The Morgan fingerprint density at radius 1 is 1.17 bits per heavy atom. The van der Waals surface area contributed by atoms with Crippen LogP contribution in [0.2, 0.25) is 0 Å². The highest BCUT2D eigenvalue weighted by Crippen LogP contribution is 2.45. The number of piperidine rings is 1. The van der Waals surface area contributed by atoms with Crippen molar-refractivity contribution in [3.05, 3.63) is 23.0 Å². The smallest absolute Gasteiger partial charge is 0.425 e. The van der Waals surface area contributed by atoms with E-state index in [4.69, 9.17) is 14.2 Å². The fourth-order valence-corrected chi connectivity index (χ4v) is 4.18. The van der Waals surface area contributed by atoms with Gasteiger partial charge in [0.15, 0.2) is 23.4 Å². The van der Waals surface area contributed by atoms with Gasteiger partial charge in [-0.05, 0) is 64.2 Å². The predicted octanol–water partition coefficient (Wildman–Crippen LogP) is 5.04. The normalized spacial score (nSPS) is 23.9. The van der Waals surface area contributed by atoms with E-state index in [2.05, 4.69) is 4.90 Å². The number of alkyl halides is 3. The van der Waals surface area contributed by atoms with Crippen molar-refractivity contribution in [1.82, 2.24) is 4.90 Å². The van der Waals surface area contributed by atoms with Crippen LogP contribution in [-0.2, 0) is 11.2 Å². The van der Waals surface area contributed by atoms with E-state index in [-0.39, 0.29) is 23.5 Å². The number of nitrogens with zero attached hydrogens (tertiary/aromatic N) is 1. The summed E-state index contributed by atoms with van der Waals surface area (Å²) >= 11 is 0. The van der Waals surface area contributed by atoms with Crippen molar-refractivity contribution in [2.45, 2.75) is 77.0 Å². The first-order valence-corrected chi connectivity index (χ1v) is 9.95. The second-order valence-corrected chi connectivity index (χ2v) is 8.78. The lowest BCUT2D eigenvalue weighted by atomic mass is 9.85. The Hall–Kier alpha value is -1.54. The van der Waals surface area contributed by atoms with Gasteiger partial charge in [-0.15, -0.1) is 0 Å². The fourth-order valence-electron chi connectivity index (χ4n) is 4.18. The van der Waals surface area contributed by atoms with Gasteiger partial charge in [-0.2, -0.15) is 13.2 Å². The molecule has 1 aromatic rings. The Bertz CT molecular complexity index is 745. The van der Waals surface area contributed by atoms with Crippen LogP contribution in [0.15, 0.2) is 6.07 Å². The van der Waals surface area contributed by atoms with E-state index in [1.165, 1.54) is 7.11 Å². The van der Waals surface area contributed by atoms with E-state index in [0.29, 0.717) is 18.5 Å². The van der Waals surface area contributed by atoms with Crippen LogP contribution < -0.4 is 9.47 Å². The number of hydrogen-bond donors (Lipinski definition) is 0. The molecule has 1 aromatic carbocycles. The number of methoxy groups -OCH3 is 1. The molecule has 1 saturated heterocycles. The van der Waals surface area contributed by atoms with Crippen LogP contribution in [0.25, 0.3) is 0 Å². The zero-order valence-electron chi connectivity index (χ0n) is 17.5. The molecule has 2 aliphatic rings. The number of hydrogen-bond acceptors (Lipinski definition) is 4. The standard InChI is InChI=1S/C21H29F4NO3/c1-12(21(23,24)25)28-19-17(27-5)10-15-14(18(19)22)8-9-26-11-13(6-7-16(15)26)29-20(2,3)4/h10,12-13,16H,6-9,11H2,1-5H3. The summed E-state index contributed by atoms with van der Waals surface area (Å²) in [6, 6.07) is 1.63. The maximum absolute atomic E-state index is 15.2. The molecule has 8 heteroatoms. The van der Waals surface area contributed by atoms with Crippen LogP contribution in [0.3, 0.4) is 0 Å². The molecule has 0 aromatic heterocycles. The minimum absolute atomic E-state index is 0.00365. The summed E-state index contributed by atoms with van der Waals surface area (Å²) < 4.78 is 70.2. The fraction of sp³-hybridized carbons (Fsp3) is 0.714. The number of halogens is 4. The molecule has 3 unspecified atom stereocenters. The number of ether oxygens (including phenoxy) is 3. The van der Waals surface area contributed by atoms with Crippen molar-refractivity contribution in [1.29, 1.82) is 0 Å². The summed E-state index contributed by atoms with van der Waals surface area (Å²) in [6.45, 7) is 8.29. The summed E-state index contributed by atoms with van der Waals surface area (Å²) in [5, 5.41) is 0. The van der Waals surface area contributed by atoms with Crippen LogP contribution >= 0.6 is 0 Å². The van der Waals surface area contributed by atoms with Crippen molar-refractivity contribution in [2.75, 3.05) is 20.2 Å². The third-order valence-electron chi connectivity index (χ3n) is 5.47. The maximum atomic E-state index is 15.2. The maximum Gasteiger partial charge on any atom is 0.425 e. The molecule has 0 spiro atoms.